The van der Waals surface area contributed by atoms with Gasteiger partial charge in [-0.3, -0.25) is 0 Å². The molecule has 0 aliphatic heterocycles. The molecule has 0 saturated carbocycles. The fraction of sp³-hybridized carbons (Fsp3) is 0. The maximum Gasteiger partial charge on any atom is 0.331 e. The highest BCUT2D eigenvalue weighted by atomic mass is 16.7. The summed E-state index contributed by atoms with van der Waals surface area (Å²) in [4.78, 5) is 20.1. The Morgan fingerprint density at radius 3 is 1.53 bits per heavy atom. The lowest BCUT2D eigenvalue weighted by Gasteiger charge is -2.07. The summed E-state index contributed by atoms with van der Waals surface area (Å²) in [7, 11) is 0. The smallest absolute Gasteiger partial charge is 0.331 e. The molecule has 17 heavy (non-hydrogen) atoms. The molecule has 0 saturated heterocycles. The molecule has 2 N–H and O–H groups in total. The Balaban J connectivity index is 3.92. The summed E-state index contributed by atoms with van der Waals surface area (Å²) < 4.78 is 13.9. The summed E-state index contributed by atoms with van der Waals surface area (Å²) in [6, 6.07) is 0. The van der Waals surface area contributed by atoms with Gasteiger partial charge in [0.1, 0.15) is 12.5 Å². The number of carboxylic acids is 2. The number of hydrogen-bond donors (Lipinski definition) is 2. The van der Waals surface area contributed by atoms with E-state index in [9.17, 15) is 9.59 Å². The van der Waals surface area contributed by atoms with Crippen LogP contribution in [0.25, 0.3) is 0 Å². The van der Waals surface area contributed by atoms with Gasteiger partial charge in [-0.2, -0.15) is 0 Å². The Kier molecular flexibility index (Phi) is 6.37. The highest BCUT2D eigenvalue weighted by Gasteiger charge is 1.99. The topological polar surface area (TPSA) is 102 Å². The van der Waals surface area contributed by atoms with Crippen molar-refractivity contribution in [2.75, 3.05) is 0 Å². The molecule has 0 atom stereocenters. The predicted octanol–water partition coefficient (Wildman–Crippen LogP) is 1.18. The van der Waals surface area contributed by atoms with E-state index < -0.39 is 11.9 Å². The summed E-state index contributed by atoms with van der Waals surface area (Å²) in [5, 5.41) is 16.5. The largest absolute Gasteiger partial charge is 0.478 e. The Morgan fingerprint density at radius 1 is 0.882 bits per heavy atom. The van der Waals surface area contributed by atoms with Gasteiger partial charge in [-0.05, 0) is 13.2 Å². The van der Waals surface area contributed by atoms with Crippen molar-refractivity contribution in [3.8, 4) is 0 Å². The van der Waals surface area contributed by atoms with Gasteiger partial charge in [0, 0.05) is 0 Å². The van der Waals surface area contributed by atoms with E-state index >= 15 is 0 Å². The predicted molar refractivity (Wildman–Crippen MR) is 55.1 cm³/mol. The average molecular weight is 242 g/mol. The van der Waals surface area contributed by atoms with Crippen LogP contribution in [0.3, 0.4) is 0 Å². The van der Waals surface area contributed by atoms with Crippen LogP contribution in [-0.2, 0) is 23.8 Å². The zero-order valence-corrected chi connectivity index (χ0v) is 8.66. The monoisotopic (exact) mass is 242 g/mol. The molecule has 0 rings (SSSR count). The van der Waals surface area contributed by atoms with E-state index in [1.165, 1.54) is 0 Å². The first-order valence-corrected chi connectivity index (χ1v) is 4.09. The third-order valence-corrected chi connectivity index (χ3v) is 1.05. The Labute approximate surface area is 96.5 Å². The first kappa shape index (κ1) is 14.3. The van der Waals surface area contributed by atoms with Gasteiger partial charge in [0.05, 0.1) is 12.2 Å². The minimum Gasteiger partial charge on any atom is -0.478 e. The molecule has 0 fully saturated rings. The van der Waals surface area contributed by atoms with E-state index in [1.54, 1.807) is 0 Å². The first-order valence-electron chi connectivity index (χ1n) is 4.09. The maximum atomic E-state index is 10.1. The molecule has 0 radical (unpaired) electrons. The van der Waals surface area contributed by atoms with Crippen molar-refractivity contribution in [1.82, 2.24) is 0 Å². The summed E-state index contributed by atoms with van der Waals surface area (Å²) in [6.45, 7) is 6.53. The molecule has 0 heterocycles. The van der Waals surface area contributed by atoms with Gasteiger partial charge in [-0.25, -0.2) is 9.59 Å². The fourth-order valence-electron chi connectivity index (χ4n) is 0.511. The normalized spacial score (nSPS) is 10.1. The van der Waals surface area contributed by atoms with Crippen LogP contribution in [0.15, 0.2) is 49.7 Å². The van der Waals surface area contributed by atoms with Crippen LogP contribution in [0.4, 0.5) is 0 Å². The summed E-state index contributed by atoms with van der Waals surface area (Å²) in [5.74, 6) is -2.96. The van der Waals surface area contributed by atoms with Crippen LogP contribution >= 0.6 is 0 Å². The average Bonchev–Trinajstić information content (AvgIpc) is 2.15. The minimum absolute atomic E-state index is 0.281. The zero-order valence-electron chi connectivity index (χ0n) is 8.66. The van der Waals surface area contributed by atoms with Gasteiger partial charge in [0.25, 0.3) is 11.9 Å². The van der Waals surface area contributed by atoms with E-state index in [0.717, 1.165) is 24.7 Å². The van der Waals surface area contributed by atoms with Crippen LogP contribution in [0.1, 0.15) is 0 Å². The maximum absolute atomic E-state index is 10.1. The standard InChI is InChI=1S/C10H10O7/c1-7(15-5-3-9(11)12)17-8(2)16-6-4-10(13)14/h3-6H,1-2H2,(H,11,12)(H,13,14). The molecule has 0 aromatic rings. The van der Waals surface area contributed by atoms with Crippen molar-refractivity contribution >= 4 is 11.9 Å². The number of ether oxygens (including phenoxy) is 3. The lowest BCUT2D eigenvalue weighted by Crippen LogP contribution is -1.95. The molecule has 0 amide bonds. The van der Waals surface area contributed by atoms with Gasteiger partial charge in [-0.1, -0.05) is 0 Å². The summed E-state index contributed by atoms with van der Waals surface area (Å²) in [5.41, 5.74) is 0. The zero-order chi connectivity index (χ0) is 13.3. The Hall–Kier alpha value is -2.70. The molecule has 0 aromatic heterocycles. The van der Waals surface area contributed by atoms with Crippen molar-refractivity contribution in [1.29, 1.82) is 0 Å². The molecule has 0 aliphatic carbocycles. The number of carbonyl (C=O) groups is 2. The summed E-state index contributed by atoms with van der Waals surface area (Å²) in [6.07, 6.45) is 3.13. The van der Waals surface area contributed by atoms with Gasteiger partial charge < -0.3 is 24.4 Å². The molecule has 92 valence electrons. The first-order chi connectivity index (χ1) is 7.91. The second-order valence-electron chi connectivity index (χ2n) is 2.36. The molecule has 7 nitrogen and oxygen atoms in total. The van der Waals surface area contributed by atoms with Crippen molar-refractivity contribution in [3.05, 3.63) is 49.7 Å². The number of carboxylic acid groups (broad SMARTS) is 2. The molecule has 0 bridgehead atoms. The van der Waals surface area contributed by atoms with Crippen LogP contribution in [0, 0.1) is 0 Å². The van der Waals surface area contributed by atoms with Crippen molar-refractivity contribution < 1.29 is 34.0 Å². The van der Waals surface area contributed by atoms with E-state index in [0.29, 0.717) is 0 Å². The molecule has 7 heteroatoms. The molecular formula is C10H10O7. The molecule has 0 unspecified atom stereocenters. The van der Waals surface area contributed by atoms with Crippen LogP contribution in [0.2, 0.25) is 0 Å². The number of aliphatic carboxylic acids is 2. The molecular weight excluding hydrogens is 232 g/mol. The summed E-state index contributed by atoms with van der Waals surface area (Å²) >= 11 is 0. The minimum atomic E-state index is -1.20. The molecule has 0 spiro atoms. The van der Waals surface area contributed by atoms with Crippen LogP contribution in [-0.4, -0.2) is 22.2 Å². The van der Waals surface area contributed by atoms with Crippen molar-refractivity contribution in [3.63, 3.8) is 0 Å². The quantitative estimate of drug-likeness (QED) is 0.486. The number of hydrogen-bond acceptors (Lipinski definition) is 5. The molecule has 0 aromatic carbocycles. The van der Waals surface area contributed by atoms with Crippen molar-refractivity contribution in [2.24, 2.45) is 0 Å². The second-order valence-corrected chi connectivity index (χ2v) is 2.36. The third kappa shape index (κ3) is 9.60. The Morgan fingerprint density at radius 2 is 1.24 bits per heavy atom. The van der Waals surface area contributed by atoms with Gasteiger partial charge in [-0.15, -0.1) is 0 Å². The SMILES string of the molecule is C=C(OC=CC(=O)O)OC(=C)OC=CC(=O)O. The van der Waals surface area contributed by atoms with Crippen molar-refractivity contribution in [2.45, 2.75) is 0 Å². The Bertz CT molecular complexity index is 342. The van der Waals surface area contributed by atoms with E-state index in [-0.39, 0.29) is 11.9 Å². The lowest BCUT2D eigenvalue weighted by molar-refractivity contribution is -0.132. The highest BCUT2D eigenvalue weighted by Crippen LogP contribution is 2.06. The molecule has 0 aliphatic rings. The van der Waals surface area contributed by atoms with E-state index in [4.69, 9.17) is 14.9 Å². The van der Waals surface area contributed by atoms with Gasteiger partial charge >= 0.3 is 11.9 Å². The van der Waals surface area contributed by atoms with Gasteiger partial charge in [0.2, 0.25) is 0 Å². The van der Waals surface area contributed by atoms with E-state index in [1.807, 2.05) is 0 Å². The number of rotatable bonds is 8. The van der Waals surface area contributed by atoms with Crippen LogP contribution < -0.4 is 0 Å². The lowest BCUT2D eigenvalue weighted by atomic mass is 10.6. The van der Waals surface area contributed by atoms with Crippen LogP contribution in [0.5, 0.6) is 0 Å². The van der Waals surface area contributed by atoms with E-state index in [2.05, 4.69) is 22.6 Å². The fourth-order valence-corrected chi connectivity index (χ4v) is 0.511. The third-order valence-electron chi connectivity index (χ3n) is 1.05. The second kappa shape index (κ2) is 7.57. The highest BCUT2D eigenvalue weighted by molar-refractivity contribution is 5.79. The van der Waals surface area contributed by atoms with Gasteiger partial charge in [0.15, 0.2) is 0 Å².